The number of benzene rings is 1. The highest BCUT2D eigenvalue weighted by Crippen LogP contribution is 2.28. The molecule has 1 amide bonds. The number of nitrogens with two attached hydrogens (primary N) is 1. The first-order valence-corrected chi connectivity index (χ1v) is 5.94. The average Bonchev–Trinajstić information content (AvgIpc) is 2.78. The quantitative estimate of drug-likeness (QED) is 0.854. The van der Waals surface area contributed by atoms with Gasteiger partial charge in [0.2, 0.25) is 5.91 Å². The molecule has 5 heteroatoms. The molecule has 0 saturated carbocycles. The molecule has 0 spiro atoms. The van der Waals surface area contributed by atoms with E-state index in [0.29, 0.717) is 5.01 Å². The lowest BCUT2D eigenvalue weighted by Crippen LogP contribution is -2.16. The standard InChI is InChI=1S/C11H9ClN2OS/c12-9(10(13)15)11-14-8(6-16-11)7-4-2-1-3-5-7/h1-6,9H,(H2,13,15). The second kappa shape index (κ2) is 4.63. The summed E-state index contributed by atoms with van der Waals surface area (Å²) >= 11 is 7.15. The van der Waals surface area contributed by atoms with E-state index in [9.17, 15) is 4.79 Å². The van der Waals surface area contributed by atoms with Crippen LogP contribution in [0.4, 0.5) is 0 Å². The lowest BCUT2D eigenvalue weighted by atomic mass is 10.2. The first kappa shape index (κ1) is 11.1. The number of carbonyl (C=O) groups excluding carboxylic acids is 1. The number of nitrogens with zero attached hydrogens (tertiary/aromatic N) is 1. The highest BCUT2D eigenvalue weighted by atomic mass is 35.5. The van der Waals surface area contributed by atoms with Gasteiger partial charge in [-0.25, -0.2) is 4.98 Å². The molecule has 0 aliphatic carbocycles. The van der Waals surface area contributed by atoms with Crippen LogP contribution in [0.3, 0.4) is 0 Å². The fraction of sp³-hybridized carbons (Fsp3) is 0.0909. The molecular formula is C11H9ClN2OS. The summed E-state index contributed by atoms with van der Waals surface area (Å²) in [4.78, 5) is 15.2. The first-order valence-electron chi connectivity index (χ1n) is 4.62. The van der Waals surface area contributed by atoms with Crippen LogP contribution in [0.15, 0.2) is 35.7 Å². The van der Waals surface area contributed by atoms with Gasteiger partial charge in [0, 0.05) is 10.9 Å². The van der Waals surface area contributed by atoms with E-state index in [1.54, 1.807) is 0 Å². The zero-order valence-electron chi connectivity index (χ0n) is 8.26. The molecule has 2 N–H and O–H groups in total. The Morgan fingerprint density at radius 2 is 2.06 bits per heavy atom. The lowest BCUT2D eigenvalue weighted by Gasteiger charge is -1.99. The van der Waals surface area contributed by atoms with Crippen molar-refractivity contribution in [3.8, 4) is 11.3 Å². The van der Waals surface area contributed by atoms with Gasteiger partial charge in [0.15, 0.2) is 5.38 Å². The van der Waals surface area contributed by atoms with Crippen LogP contribution in [0.5, 0.6) is 0 Å². The summed E-state index contributed by atoms with van der Waals surface area (Å²) < 4.78 is 0. The van der Waals surface area contributed by atoms with Gasteiger partial charge in [0.05, 0.1) is 5.69 Å². The van der Waals surface area contributed by atoms with Crippen molar-refractivity contribution in [2.24, 2.45) is 5.73 Å². The van der Waals surface area contributed by atoms with Crippen molar-refractivity contribution in [1.29, 1.82) is 0 Å². The molecule has 0 fully saturated rings. The molecule has 3 nitrogen and oxygen atoms in total. The van der Waals surface area contributed by atoms with E-state index in [4.69, 9.17) is 17.3 Å². The Kier molecular flexibility index (Phi) is 3.22. The molecule has 1 unspecified atom stereocenters. The van der Waals surface area contributed by atoms with E-state index in [0.717, 1.165) is 11.3 Å². The molecule has 0 aliphatic heterocycles. The maximum Gasteiger partial charge on any atom is 0.242 e. The number of thiazole rings is 1. The summed E-state index contributed by atoms with van der Waals surface area (Å²) in [6, 6.07) is 9.70. The highest BCUT2D eigenvalue weighted by Gasteiger charge is 2.18. The van der Waals surface area contributed by atoms with Crippen molar-refractivity contribution in [2.75, 3.05) is 0 Å². The number of hydrogen-bond donors (Lipinski definition) is 1. The van der Waals surface area contributed by atoms with Crippen LogP contribution < -0.4 is 5.73 Å². The van der Waals surface area contributed by atoms with Gasteiger partial charge in [-0.05, 0) is 0 Å². The fourth-order valence-electron chi connectivity index (χ4n) is 1.27. The SMILES string of the molecule is NC(=O)C(Cl)c1nc(-c2ccccc2)cs1. The van der Waals surface area contributed by atoms with Crippen molar-refractivity contribution < 1.29 is 4.79 Å². The van der Waals surface area contributed by atoms with Crippen LogP contribution in [0.1, 0.15) is 10.4 Å². The number of aromatic nitrogens is 1. The maximum absolute atomic E-state index is 10.9. The van der Waals surface area contributed by atoms with E-state index in [1.807, 2.05) is 35.7 Å². The van der Waals surface area contributed by atoms with Gasteiger partial charge in [-0.1, -0.05) is 30.3 Å². The first-order chi connectivity index (χ1) is 7.68. The molecule has 0 aliphatic rings. The molecule has 1 atom stereocenters. The Balaban J connectivity index is 2.30. The summed E-state index contributed by atoms with van der Waals surface area (Å²) in [6.07, 6.45) is 0. The number of rotatable bonds is 3. The van der Waals surface area contributed by atoms with Gasteiger partial charge in [-0.2, -0.15) is 0 Å². The number of amides is 1. The Morgan fingerprint density at radius 3 is 2.69 bits per heavy atom. The van der Waals surface area contributed by atoms with Crippen LogP contribution in [0.2, 0.25) is 0 Å². The zero-order chi connectivity index (χ0) is 11.5. The minimum absolute atomic E-state index is 0.535. The summed E-state index contributed by atoms with van der Waals surface area (Å²) in [6.45, 7) is 0. The fourth-order valence-corrected chi connectivity index (χ4v) is 2.28. The molecule has 0 saturated heterocycles. The molecule has 16 heavy (non-hydrogen) atoms. The van der Waals surface area contributed by atoms with Gasteiger partial charge in [-0.15, -0.1) is 22.9 Å². The number of primary amides is 1. The largest absolute Gasteiger partial charge is 0.368 e. The van der Waals surface area contributed by atoms with E-state index in [2.05, 4.69) is 4.98 Å². The number of halogens is 1. The van der Waals surface area contributed by atoms with Gasteiger partial charge < -0.3 is 5.73 Å². The summed E-state index contributed by atoms with van der Waals surface area (Å²) in [7, 11) is 0. The number of carbonyl (C=O) groups is 1. The zero-order valence-corrected chi connectivity index (χ0v) is 9.83. The highest BCUT2D eigenvalue weighted by molar-refractivity contribution is 7.10. The predicted molar refractivity (Wildman–Crippen MR) is 65.3 cm³/mol. The van der Waals surface area contributed by atoms with Crippen molar-refractivity contribution in [1.82, 2.24) is 4.98 Å². The van der Waals surface area contributed by atoms with Crippen molar-refractivity contribution in [2.45, 2.75) is 5.38 Å². The second-order valence-corrected chi connectivity index (χ2v) is 4.53. The monoisotopic (exact) mass is 252 g/mol. The molecule has 1 aromatic heterocycles. The Bertz CT molecular complexity index is 498. The van der Waals surface area contributed by atoms with E-state index in [1.165, 1.54) is 11.3 Å². The molecule has 2 aromatic rings. The van der Waals surface area contributed by atoms with Gasteiger partial charge in [-0.3, -0.25) is 4.79 Å². The average molecular weight is 253 g/mol. The van der Waals surface area contributed by atoms with Crippen LogP contribution in [0, 0.1) is 0 Å². The van der Waals surface area contributed by atoms with Gasteiger partial charge in [0.1, 0.15) is 5.01 Å². The molecule has 82 valence electrons. The van der Waals surface area contributed by atoms with Crippen molar-refractivity contribution in [3.05, 3.63) is 40.7 Å². The molecule has 2 rings (SSSR count). The topological polar surface area (TPSA) is 56.0 Å². The molecule has 0 radical (unpaired) electrons. The molecule has 1 heterocycles. The minimum Gasteiger partial charge on any atom is -0.368 e. The summed E-state index contributed by atoms with van der Waals surface area (Å²) in [5, 5.41) is 1.55. The third-order valence-electron chi connectivity index (χ3n) is 2.06. The number of hydrogen-bond acceptors (Lipinski definition) is 3. The molecule has 0 bridgehead atoms. The summed E-state index contributed by atoms with van der Waals surface area (Å²) in [5.41, 5.74) is 6.92. The smallest absolute Gasteiger partial charge is 0.242 e. The Morgan fingerprint density at radius 1 is 1.38 bits per heavy atom. The van der Waals surface area contributed by atoms with Crippen LogP contribution in [-0.4, -0.2) is 10.9 Å². The lowest BCUT2D eigenvalue weighted by molar-refractivity contribution is -0.117. The third-order valence-corrected chi connectivity index (χ3v) is 3.52. The van der Waals surface area contributed by atoms with Gasteiger partial charge in [0.25, 0.3) is 0 Å². The second-order valence-electron chi connectivity index (χ2n) is 3.20. The van der Waals surface area contributed by atoms with E-state index >= 15 is 0 Å². The number of alkyl halides is 1. The Hall–Kier alpha value is -1.39. The van der Waals surface area contributed by atoms with Gasteiger partial charge >= 0.3 is 0 Å². The Labute approximate surface area is 102 Å². The van der Waals surface area contributed by atoms with Crippen LogP contribution >= 0.6 is 22.9 Å². The van der Waals surface area contributed by atoms with E-state index < -0.39 is 11.3 Å². The molecule has 1 aromatic carbocycles. The van der Waals surface area contributed by atoms with E-state index in [-0.39, 0.29) is 0 Å². The predicted octanol–water partition coefficient (Wildman–Crippen LogP) is 2.58. The van der Waals surface area contributed by atoms with Crippen molar-refractivity contribution >= 4 is 28.8 Å². The van der Waals surface area contributed by atoms with Crippen molar-refractivity contribution in [3.63, 3.8) is 0 Å². The molecular weight excluding hydrogens is 244 g/mol. The summed E-state index contributed by atoms with van der Waals surface area (Å²) in [5.74, 6) is -0.573. The van der Waals surface area contributed by atoms with Crippen LogP contribution in [-0.2, 0) is 4.79 Å². The van der Waals surface area contributed by atoms with Crippen LogP contribution in [0.25, 0.3) is 11.3 Å². The maximum atomic E-state index is 10.9. The third kappa shape index (κ3) is 2.23. The normalized spacial score (nSPS) is 12.3. The minimum atomic E-state index is -0.845.